The van der Waals surface area contributed by atoms with Gasteiger partial charge in [0.2, 0.25) is 0 Å². The molecule has 0 aromatic heterocycles. The zero-order valence-electron chi connectivity index (χ0n) is 111. The summed E-state index contributed by atoms with van der Waals surface area (Å²) in [6.45, 7) is 9.13. The fraction of sp³-hybridized carbons (Fsp3) is 0.123. The molecule has 27 rings (SSSR count). The Morgan fingerprint density at radius 2 is 0.699 bits per heavy atom. The van der Waals surface area contributed by atoms with Crippen LogP contribution in [0.2, 0.25) is 0 Å². The van der Waals surface area contributed by atoms with Crippen molar-refractivity contribution in [2.24, 2.45) is 0 Å². The molecular formula is C130H109B4N5O4. The van der Waals surface area contributed by atoms with Gasteiger partial charge in [0.25, 0.3) is 26.9 Å². The maximum Gasteiger partial charge on any atom is 0.256 e. The Hall–Kier alpha value is -16.4. The Kier molecular flexibility index (Phi) is 15.2. The van der Waals surface area contributed by atoms with Gasteiger partial charge in [0.15, 0.2) is 0 Å². The first-order chi connectivity index (χ1) is 82.3. The van der Waals surface area contributed by atoms with Crippen LogP contribution in [0.5, 0.6) is 46.0 Å². The van der Waals surface area contributed by atoms with Gasteiger partial charge in [-0.3, -0.25) is 0 Å². The van der Waals surface area contributed by atoms with Crippen molar-refractivity contribution < 1.29 is 61.4 Å². The van der Waals surface area contributed by atoms with E-state index in [-0.39, 0.29) is 164 Å². The second kappa shape index (κ2) is 35.5. The minimum atomic E-state index is -2.73. The average Bonchev–Trinajstić information content (AvgIpc) is 0.675. The first-order valence-corrected chi connectivity index (χ1v) is 47.6. The van der Waals surface area contributed by atoms with Crippen molar-refractivity contribution in [3.8, 4) is 57.1 Å². The van der Waals surface area contributed by atoms with Crippen molar-refractivity contribution in [2.75, 3.05) is 24.5 Å². The lowest BCUT2D eigenvalue weighted by molar-refractivity contribution is 0.486. The summed E-state index contributed by atoms with van der Waals surface area (Å²) in [5, 5.41) is 0. The van der Waals surface area contributed by atoms with E-state index in [0.29, 0.717) is 46.2 Å². The van der Waals surface area contributed by atoms with Crippen LogP contribution >= 0.6 is 0 Å². The minimum Gasteiger partial charge on any atom is -0.458 e. The number of ether oxygens (including phenoxy) is 4. The van der Waals surface area contributed by atoms with Gasteiger partial charge in [0.05, 0.1) is 35.8 Å². The Morgan fingerprint density at radius 1 is 0.238 bits per heavy atom. The van der Waals surface area contributed by atoms with Gasteiger partial charge < -0.3 is 43.4 Å². The molecule has 0 saturated carbocycles. The zero-order chi connectivity index (χ0) is 124. The molecule has 0 spiro atoms. The maximum atomic E-state index is 9.80. The van der Waals surface area contributed by atoms with Crippen molar-refractivity contribution in [3.05, 3.63) is 463 Å². The van der Waals surface area contributed by atoms with Crippen LogP contribution in [0.1, 0.15) is 144 Å². The molecule has 0 saturated heterocycles. The van der Waals surface area contributed by atoms with Crippen LogP contribution in [0, 0.1) is 27.5 Å². The number of para-hydroxylation sites is 7. The van der Waals surface area contributed by atoms with Gasteiger partial charge in [-0.25, -0.2) is 0 Å². The van der Waals surface area contributed by atoms with Crippen molar-refractivity contribution in [3.63, 3.8) is 0 Å². The van der Waals surface area contributed by atoms with Gasteiger partial charge in [-0.05, 0) is 306 Å². The van der Waals surface area contributed by atoms with E-state index in [1.165, 1.54) is 17.0 Å². The molecule has 690 valence electrons. The number of anilines is 15. The molecule has 0 amide bonds. The highest BCUT2D eigenvalue weighted by Crippen LogP contribution is 2.51. The van der Waals surface area contributed by atoms with Gasteiger partial charge in [0.1, 0.15) is 46.0 Å². The molecular weight excluding hydrogens is 1740 g/mol. The van der Waals surface area contributed by atoms with E-state index < -0.39 is 122 Å². The lowest BCUT2D eigenvalue weighted by Gasteiger charge is -2.41. The monoisotopic (exact) mass is 1880 g/mol. The highest BCUT2D eigenvalue weighted by Gasteiger charge is 2.48. The third-order valence-electron chi connectivity index (χ3n) is 27.2. The number of aryl methyl sites for hydroxylation is 4. The lowest BCUT2D eigenvalue weighted by atomic mass is 9.33. The summed E-state index contributed by atoms with van der Waals surface area (Å²) >= 11 is 0. The molecule has 0 bridgehead atoms. The van der Waals surface area contributed by atoms with E-state index in [2.05, 4.69) is 69.3 Å². The third kappa shape index (κ3) is 15.9. The van der Waals surface area contributed by atoms with Crippen LogP contribution in [-0.4, -0.2) is 26.9 Å². The average molecular weight is 1880 g/mol. The van der Waals surface area contributed by atoms with E-state index in [1.54, 1.807) is 113 Å². The molecule has 8 heterocycles. The van der Waals surface area contributed by atoms with E-state index in [9.17, 15) is 8.22 Å². The van der Waals surface area contributed by atoms with Crippen molar-refractivity contribution in [2.45, 2.75) is 106 Å². The molecule has 19 aromatic carbocycles. The number of benzene rings is 19. The standard InChI is InChI=1S/C42H29BN2O.C37H42BNO.C27H22BNO.C24H16BNO/c1-4-15-30(16-5-1)31-17-14-22-34(27-31)44(32-18-6-2-7-19-32)35-28-39-42-41(29-35)46-40-26-13-11-24-37(40)43(42)36-23-10-12-25-38(36)45(39)33-20-8-3-9-21-33;1-23-19-31-34-33(20-23)40-32-18-14-26(37(8,9)10)22-29(32)38(34)28-21-25(36(5,6)7)13-17-30(28)39(31)27-15-11-24(12-16-27)35(2,3)4;1-17-7-11-20(12-8-17)29-23-13-9-18(2)15-21(23)28-22-16-19(3)10-14-25(22)30-26-6-4-5-24(29)27(26)28;1-2-9-17(10-3-1)26-20-13-6-4-11-18(20)25-19-12-5-7-15-22(19)27-23-16-8-14-21(26)24(23)25/h1-29H;11-22H,1-10H3;4-16H,1-3H3;1-16H/i1D,2D,4D,5D,6D,7D,15D,16D,18D,19D;1D3,11D,12D,13D,14D,15D,16D,17D,18D,21D,22D;2D3,3D3;14D,16D. The van der Waals surface area contributed by atoms with Crippen LogP contribution in [0.25, 0.3) is 11.1 Å². The summed E-state index contributed by atoms with van der Waals surface area (Å²) in [4.78, 5) is 9.20. The van der Waals surface area contributed by atoms with Crippen LogP contribution < -0.4 is 109 Å². The Balaban J connectivity index is 0.000000122. The summed E-state index contributed by atoms with van der Waals surface area (Å²) < 4.78 is 295. The molecule has 9 nitrogen and oxygen atoms in total. The van der Waals surface area contributed by atoms with Gasteiger partial charge >= 0.3 is 0 Å². The summed E-state index contributed by atoms with van der Waals surface area (Å²) in [7, 11) is 0. The van der Waals surface area contributed by atoms with Crippen LogP contribution in [0.15, 0.2) is 424 Å². The molecule has 0 fully saturated rings. The van der Waals surface area contributed by atoms with Gasteiger partial charge in [0, 0.05) is 98.0 Å². The molecule has 19 aromatic rings. The normalized spacial score (nSPS) is 16.7. The second-order valence-electron chi connectivity index (χ2n) is 39.5. The number of rotatable bonds is 8. The quantitative estimate of drug-likeness (QED) is 0.139. The summed E-state index contributed by atoms with van der Waals surface area (Å²) in [6, 6.07) is 83.7. The Labute approximate surface area is 885 Å². The maximum absolute atomic E-state index is 9.80. The Bertz CT molecular complexity index is 9970. The van der Waals surface area contributed by atoms with Crippen molar-refractivity contribution in [1.82, 2.24) is 0 Å². The highest BCUT2D eigenvalue weighted by molar-refractivity contribution is 7.01. The first kappa shape index (κ1) is 61.3. The van der Waals surface area contributed by atoms with E-state index in [1.807, 2.05) is 185 Å². The smallest absolute Gasteiger partial charge is 0.256 e. The molecule has 143 heavy (non-hydrogen) atoms. The highest BCUT2D eigenvalue weighted by atomic mass is 16.5. The molecule has 13 heteroatoms. The molecule has 0 unspecified atom stereocenters. The number of hydrogen-bond acceptors (Lipinski definition) is 9. The number of fused-ring (bicyclic) bond motifs is 16. The van der Waals surface area contributed by atoms with Gasteiger partial charge in [-0.2, -0.15) is 0 Å². The van der Waals surface area contributed by atoms with Gasteiger partial charge in [-0.15, -0.1) is 0 Å². The van der Waals surface area contributed by atoms with Crippen LogP contribution in [0.3, 0.4) is 0 Å². The first-order valence-electron chi connectivity index (χ1n) is 63.1. The van der Waals surface area contributed by atoms with E-state index in [0.717, 1.165) is 112 Å². The topological polar surface area (TPSA) is 53.1 Å². The molecule has 0 atom stereocenters. The summed E-state index contributed by atoms with van der Waals surface area (Å²) in [5.41, 5.74) is 17.1. The number of nitrogens with zero attached hydrogens (tertiary/aromatic N) is 5. The molecule has 0 aliphatic carbocycles. The molecule has 0 radical (unpaired) electrons. The van der Waals surface area contributed by atoms with Gasteiger partial charge in [-0.1, -0.05) is 333 Å². The van der Waals surface area contributed by atoms with E-state index >= 15 is 0 Å². The second-order valence-corrected chi connectivity index (χ2v) is 39.5. The van der Waals surface area contributed by atoms with Crippen molar-refractivity contribution in [1.29, 1.82) is 0 Å². The molecule has 8 aliphatic rings. The van der Waals surface area contributed by atoms with Crippen LogP contribution in [0.4, 0.5) is 85.3 Å². The minimum absolute atomic E-state index is 0.0232. The fourth-order valence-corrected chi connectivity index (χ4v) is 20.6. The largest absolute Gasteiger partial charge is 0.458 e. The molecule has 0 N–H and O–H groups in total. The predicted octanol–water partition coefficient (Wildman–Crippen LogP) is 26.6. The molecule has 8 aliphatic heterocycles. The predicted molar refractivity (Wildman–Crippen MR) is 604 cm³/mol. The van der Waals surface area contributed by atoms with E-state index in [4.69, 9.17) is 53.2 Å². The van der Waals surface area contributed by atoms with Crippen molar-refractivity contribution >= 4 is 178 Å². The summed E-state index contributed by atoms with van der Waals surface area (Å²) in [6.07, 6.45) is 0. The number of hydrogen-bond donors (Lipinski definition) is 0. The zero-order valence-corrected chi connectivity index (χ0v) is 79.9. The summed E-state index contributed by atoms with van der Waals surface area (Å²) in [5.74, 6) is 3.55. The Morgan fingerprint density at radius 3 is 1.35 bits per heavy atom. The van der Waals surface area contributed by atoms with Crippen LogP contribution in [-0.2, 0) is 16.2 Å². The lowest BCUT2D eigenvalue weighted by Crippen LogP contribution is -2.60. The SMILES string of the molecule is [2H]C([2H])([2H])c1ccc2c(c1)B1c3cc(C([2H])([2H])[2H])ccc3N(c3ccc(C)cc3)c3cccc(c31)O2.[2H]c1c([2H])c(C(C)(C)C)c([2H])c2c1Oc1cc(C([2H])([2H])[2H])cc3c1B2c1c([2H])c(C(C)(C)C)c([2H])c([2H])c1N3c1c([2H])c([2H])c(C(C)(C)C)c([2H])c1[2H].[2H]c1c([2H])c([2H])c(-c2cccc(N(c3cc4c5c(c3)N(c3ccccc3)c3ccccc3B5c3ccccc3O4)c3c([2H])c([2H])c([2H])c([2H])c3[2H])c2)c([2H])c1[2H].[2H]c1cc([2H])c2c3c1Oc1ccccc1B3c1ccccc1N2c1ccccc1. The fourth-order valence-electron chi connectivity index (χ4n) is 20.6. The third-order valence-corrected chi connectivity index (χ3v) is 27.2.